The lowest BCUT2D eigenvalue weighted by atomic mass is 10.0. The van der Waals surface area contributed by atoms with E-state index >= 15 is 0 Å². The van der Waals surface area contributed by atoms with Crippen LogP contribution in [0.4, 0.5) is 11.4 Å². The second kappa shape index (κ2) is 7.89. The first kappa shape index (κ1) is 22.3. The van der Waals surface area contributed by atoms with Crippen molar-refractivity contribution in [2.24, 2.45) is 0 Å². The van der Waals surface area contributed by atoms with Crippen molar-refractivity contribution >= 4 is 78.3 Å². The summed E-state index contributed by atoms with van der Waals surface area (Å²) in [7, 11) is 4.42. The zero-order valence-electron chi connectivity index (χ0n) is 20.3. The summed E-state index contributed by atoms with van der Waals surface area (Å²) in [5.74, 6) is 0. The van der Waals surface area contributed by atoms with Gasteiger partial charge >= 0.3 is 0 Å². The van der Waals surface area contributed by atoms with E-state index in [1.54, 1.807) is 0 Å². The second-order valence-corrected chi connectivity index (χ2v) is 13.0. The van der Waals surface area contributed by atoms with Crippen LogP contribution >= 0.6 is 43.6 Å². The molecule has 0 saturated carbocycles. The molecule has 0 bridgehead atoms. The maximum absolute atomic E-state index is 3.65. The number of anilines is 2. The van der Waals surface area contributed by atoms with Crippen molar-refractivity contribution in [1.29, 1.82) is 0 Å². The smallest absolute Gasteiger partial charge is 0.0745 e. The molecule has 8 rings (SSSR count). The molecule has 2 atom stereocenters. The van der Waals surface area contributed by atoms with Crippen LogP contribution in [0.15, 0.2) is 91.5 Å². The molecule has 37 heavy (non-hydrogen) atoms. The number of rotatable bonds is 2. The molecule has 0 saturated heterocycles. The lowest BCUT2D eigenvalue weighted by Crippen LogP contribution is -2.27. The summed E-state index contributed by atoms with van der Waals surface area (Å²) in [6.45, 7) is 0. The highest BCUT2D eigenvalue weighted by molar-refractivity contribution is 9.10. The van der Waals surface area contributed by atoms with Crippen molar-refractivity contribution in [2.75, 3.05) is 23.9 Å². The highest BCUT2D eigenvalue weighted by atomic mass is 79.9. The van der Waals surface area contributed by atoms with Gasteiger partial charge in [0.1, 0.15) is 0 Å². The van der Waals surface area contributed by atoms with Gasteiger partial charge in [-0.25, -0.2) is 0 Å². The van der Waals surface area contributed by atoms with Gasteiger partial charge in [0.25, 0.3) is 0 Å². The van der Waals surface area contributed by atoms with E-state index in [0.717, 1.165) is 8.95 Å². The first-order valence-electron chi connectivity index (χ1n) is 12.4. The Bertz CT molecular complexity index is 1800. The van der Waals surface area contributed by atoms with E-state index in [1.807, 2.05) is 11.8 Å². The van der Waals surface area contributed by atoms with Gasteiger partial charge in [-0.05, 0) is 80.6 Å². The number of benzene rings is 4. The molecule has 0 fully saturated rings. The van der Waals surface area contributed by atoms with Gasteiger partial charge in [0.05, 0.1) is 12.1 Å². The lowest BCUT2D eigenvalue weighted by molar-refractivity contribution is 0.986. The topological polar surface area (TPSA) is 6.48 Å². The Kier molecular flexibility index (Phi) is 4.75. The minimum absolute atomic E-state index is 0.286. The van der Waals surface area contributed by atoms with Gasteiger partial charge in [0.15, 0.2) is 0 Å². The summed E-state index contributed by atoms with van der Waals surface area (Å²) in [6.07, 6.45) is 4.91. The molecule has 2 nitrogen and oxygen atoms in total. The van der Waals surface area contributed by atoms with Crippen LogP contribution in [0.25, 0.3) is 23.3 Å². The molecular weight excluding hydrogens is 604 g/mol. The van der Waals surface area contributed by atoms with Crippen LogP contribution in [0, 0.1) is 0 Å². The normalized spacial score (nSPS) is 19.7. The minimum atomic E-state index is 0.286. The Morgan fingerprint density at radius 3 is 1.54 bits per heavy atom. The molecule has 4 aliphatic rings. The highest BCUT2D eigenvalue weighted by Gasteiger charge is 2.35. The van der Waals surface area contributed by atoms with E-state index in [9.17, 15) is 0 Å². The Balaban J connectivity index is 1.29. The minimum Gasteiger partial charge on any atom is -0.363 e. The summed E-state index contributed by atoms with van der Waals surface area (Å²) < 4.78 is 2.25. The summed E-state index contributed by atoms with van der Waals surface area (Å²) >= 11 is 9.21. The van der Waals surface area contributed by atoms with Gasteiger partial charge in [-0.2, -0.15) is 0 Å². The van der Waals surface area contributed by atoms with Gasteiger partial charge in [-0.15, -0.1) is 0 Å². The maximum atomic E-state index is 3.65. The molecule has 180 valence electrons. The Labute approximate surface area is 236 Å². The van der Waals surface area contributed by atoms with E-state index in [1.165, 1.54) is 64.3 Å². The summed E-state index contributed by atoms with van der Waals surface area (Å²) in [5, 5.41) is 5.46. The van der Waals surface area contributed by atoms with Gasteiger partial charge in [0.2, 0.25) is 0 Å². The van der Waals surface area contributed by atoms with Crippen molar-refractivity contribution in [3.63, 3.8) is 0 Å². The largest absolute Gasteiger partial charge is 0.363 e. The molecule has 2 aliphatic heterocycles. The average molecular weight is 626 g/mol. The number of nitrogens with zero attached hydrogens (tertiary/aromatic N) is 2. The quantitative estimate of drug-likeness (QED) is 0.310. The Morgan fingerprint density at radius 1 is 0.622 bits per heavy atom. The van der Waals surface area contributed by atoms with E-state index in [2.05, 4.69) is 141 Å². The predicted octanol–water partition coefficient (Wildman–Crippen LogP) is 4.99. The molecule has 0 N–H and O–H groups in total. The molecule has 4 aromatic carbocycles. The summed E-state index contributed by atoms with van der Waals surface area (Å²) in [6, 6.07) is 27.5. The van der Waals surface area contributed by atoms with E-state index in [-0.39, 0.29) is 12.1 Å². The first-order chi connectivity index (χ1) is 18.0. The number of hydrogen-bond acceptors (Lipinski definition) is 3. The Morgan fingerprint density at radius 2 is 1.08 bits per heavy atom. The highest BCUT2D eigenvalue weighted by Crippen LogP contribution is 2.42. The van der Waals surface area contributed by atoms with Crippen LogP contribution in [0.3, 0.4) is 0 Å². The zero-order valence-corrected chi connectivity index (χ0v) is 24.3. The SMILES string of the molecule is CN1c2cc(Br)ccc2C2=c3cccc(Sc4cccc5c4=CC4C=5c5ccc(Br)cc5N4C)c3=CC21. The van der Waals surface area contributed by atoms with E-state index < -0.39 is 0 Å². The fourth-order valence-electron chi connectivity index (χ4n) is 6.57. The lowest BCUT2D eigenvalue weighted by Gasteiger charge is -2.18. The number of hydrogen-bond donors (Lipinski definition) is 0. The van der Waals surface area contributed by atoms with Crippen LogP contribution in [0.5, 0.6) is 0 Å². The third-order valence-electron chi connectivity index (χ3n) is 8.27. The van der Waals surface area contributed by atoms with Crippen molar-refractivity contribution in [3.8, 4) is 0 Å². The van der Waals surface area contributed by atoms with E-state index in [0.29, 0.717) is 0 Å². The number of halogens is 2. The Hall–Kier alpha value is -2.73. The summed E-state index contributed by atoms with van der Waals surface area (Å²) in [5.41, 5.74) is 8.15. The van der Waals surface area contributed by atoms with Gasteiger partial charge in [0, 0.05) is 55.3 Å². The maximum Gasteiger partial charge on any atom is 0.0745 e. The van der Waals surface area contributed by atoms with Crippen LogP contribution in [0.2, 0.25) is 0 Å². The van der Waals surface area contributed by atoms with E-state index in [4.69, 9.17) is 0 Å². The van der Waals surface area contributed by atoms with Crippen molar-refractivity contribution in [2.45, 2.75) is 21.9 Å². The van der Waals surface area contributed by atoms with Crippen molar-refractivity contribution < 1.29 is 0 Å². The zero-order chi connectivity index (χ0) is 25.0. The molecule has 0 radical (unpaired) electrons. The average Bonchev–Trinajstić information content (AvgIpc) is 3.60. The molecule has 2 unspecified atom stereocenters. The molecule has 0 amide bonds. The summed E-state index contributed by atoms with van der Waals surface area (Å²) in [4.78, 5) is 7.46. The molecule has 5 heteroatoms. The van der Waals surface area contributed by atoms with Crippen LogP contribution in [-0.4, -0.2) is 26.2 Å². The molecule has 0 spiro atoms. The molecular formula is C32H22Br2N2S. The van der Waals surface area contributed by atoms with Crippen LogP contribution in [-0.2, 0) is 0 Å². The molecule has 2 heterocycles. The monoisotopic (exact) mass is 624 g/mol. The van der Waals surface area contributed by atoms with Crippen molar-refractivity contribution in [3.05, 3.63) is 114 Å². The van der Waals surface area contributed by atoms with Gasteiger partial charge in [-0.1, -0.05) is 80.0 Å². The fourth-order valence-corrected chi connectivity index (χ4v) is 8.37. The number of fused-ring (bicyclic) bond motifs is 8. The molecule has 4 aromatic rings. The molecule has 2 aliphatic carbocycles. The number of likely N-dealkylation sites (N-methyl/N-ethyl adjacent to an activating group) is 2. The van der Waals surface area contributed by atoms with Crippen molar-refractivity contribution in [1.82, 2.24) is 0 Å². The third kappa shape index (κ3) is 3.05. The second-order valence-electron chi connectivity index (χ2n) is 10.1. The van der Waals surface area contributed by atoms with Gasteiger partial charge < -0.3 is 9.80 Å². The molecule has 0 aromatic heterocycles. The van der Waals surface area contributed by atoms with Crippen LogP contribution in [0.1, 0.15) is 11.1 Å². The standard InChI is InChI=1S/C32H22Br2N2S/c1-35-25-13-17(33)9-11-21(25)31-19-5-3-7-29(23(19)15-27(31)35)37-30-8-4-6-20-24(30)16-28-32(20)22-12-10-18(34)14-26(22)36(28)2/h3-16,27-28H,1-2H3. The first-order valence-corrected chi connectivity index (χ1v) is 14.8. The van der Waals surface area contributed by atoms with Crippen LogP contribution < -0.4 is 30.7 Å². The third-order valence-corrected chi connectivity index (χ3v) is 10.4. The predicted molar refractivity (Wildman–Crippen MR) is 162 cm³/mol. The fraction of sp³-hybridized carbons (Fsp3) is 0.125. The van der Waals surface area contributed by atoms with Gasteiger partial charge in [-0.3, -0.25) is 0 Å².